The minimum atomic E-state index is -0.112. The summed E-state index contributed by atoms with van der Waals surface area (Å²) in [4.78, 5) is 25.9. The van der Waals surface area contributed by atoms with Crippen molar-refractivity contribution in [2.45, 2.75) is 37.7 Å². The average Bonchev–Trinajstić information content (AvgIpc) is 3.16. The van der Waals surface area contributed by atoms with Gasteiger partial charge in [-0.2, -0.15) is 4.98 Å². The Labute approximate surface area is 179 Å². The van der Waals surface area contributed by atoms with Crippen molar-refractivity contribution in [2.75, 3.05) is 0 Å². The lowest BCUT2D eigenvalue weighted by molar-refractivity contribution is 0.0939. The van der Waals surface area contributed by atoms with Crippen molar-refractivity contribution in [2.24, 2.45) is 0 Å². The lowest BCUT2D eigenvalue weighted by Crippen LogP contribution is -2.27. The first kappa shape index (κ1) is 20.0. The Morgan fingerprint density at radius 1 is 1.13 bits per heavy atom. The number of pyridine rings is 1. The molecule has 0 spiro atoms. The van der Waals surface area contributed by atoms with Crippen LogP contribution in [0.5, 0.6) is 0 Å². The molecular weight excluding hydrogens is 396 g/mol. The zero-order valence-corrected chi connectivity index (χ0v) is 17.8. The first-order valence-electron chi connectivity index (χ1n) is 9.64. The second-order valence-corrected chi connectivity index (χ2v) is 8.01. The monoisotopic (exact) mass is 418 g/mol. The summed E-state index contributed by atoms with van der Waals surface area (Å²) < 4.78 is 1.74. The molecule has 1 aromatic carbocycles. The molecule has 0 bridgehead atoms. The zero-order valence-electron chi connectivity index (χ0n) is 17.0. The standard InChI is InChI=1S/C22H22N6OS/c1-14-12-15(2)28-21(24-14)26-22(27-28)30-13-18-6-4-5-7-19(18)20(29)25-16(3)17-8-10-23-11-9-17/h4-12,16H,13H2,1-3H3,(H,25,29). The molecule has 7 nitrogen and oxygen atoms in total. The molecule has 30 heavy (non-hydrogen) atoms. The lowest BCUT2D eigenvalue weighted by Gasteiger charge is -2.15. The molecule has 1 unspecified atom stereocenters. The smallest absolute Gasteiger partial charge is 0.253 e. The highest BCUT2D eigenvalue weighted by molar-refractivity contribution is 7.98. The van der Waals surface area contributed by atoms with Gasteiger partial charge in [0, 0.05) is 35.1 Å². The van der Waals surface area contributed by atoms with Crippen LogP contribution in [-0.4, -0.2) is 30.5 Å². The van der Waals surface area contributed by atoms with Gasteiger partial charge in [0.1, 0.15) is 0 Å². The summed E-state index contributed by atoms with van der Waals surface area (Å²) in [6.07, 6.45) is 3.45. The summed E-state index contributed by atoms with van der Waals surface area (Å²) in [5.74, 6) is 1.07. The van der Waals surface area contributed by atoms with E-state index in [1.165, 1.54) is 11.8 Å². The first-order chi connectivity index (χ1) is 14.5. The van der Waals surface area contributed by atoms with Gasteiger partial charge in [0.25, 0.3) is 11.7 Å². The predicted molar refractivity (Wildman–Crippen MR) is 116 cm³/mol. The Hall–Kier alpha value is -3.26. The Kier molecular flexibility index (Phi) is 5.76. The second kappa shape index (κ2) is 8.62. The average molecular weight is 419 g/mol. The van der Waals surface area contributed by atoms with Crippen molar-refractivity contribution >= 4 is 23.4 Å². The molecular formula is C22H22N6OS. The Bertz CT molecular complexity index is 1190. The van der Waals surface area contributed by atoms with Crippen LogP contribution in [0.4, 0.5) is 0 Å². The van der Waals surface area contributed by atoms with Crippen LogP contribution in [0.2, 0.25) is 0 Å². The number of carbonyl (C=O) groups excluding carboxylic acids is 1. The molecule has 152 valence electrons. The van der Waals surface area contributed by atoms with Crippen LogP contribution in [0.15, 0.2) is 60.0 Å². The topological polar surface area (TPSA) is 85.1 Å². The number of rotatable bonds is 6. The minimum Gasteiger partial charge on any atom is -0.346 e. The third-order valence-corrected chi connectivity index (χ3v) is 5.66. The molecule has 4 rings (SSSR count). The van der Waals surface area contributed by atoms with Crippen LogP contribution in [-0.2, 0) is 5.75 Å². The molecule has 3 heterocycles. The third-order valence-electron chi connectivity index (χ3n) is 4.77. The van der Waals surface area contributed by atoms with Gasteiger partial charge in [-0.1, -0.05) is 30.0 Å². The van der Waals surface area contributed by atoms with Crippen molar-refractivity contribution in [3.8, 4) is 0 Å². The Morgan fingerprint density at radius 2 is 1.90 bits per heavy atom. The highest BCUT2D eigenvalue weighted by atomic mass is 32.2. The van der Waals surface area contributed by atoms with Crippen LogP contribution in [0.1, 0.15) is 45.8 Å². The summed E-state index contributed by atoms with van der Waals surface area (Å²) in [7, 11) is 0. The van der Waals surface area contributed by atoms with E-state index in [1.54, 1.807) is 16.9 Å². The molecule has 0 aliphatic heterocycles. The maximum absolute atomic E-state index is 12.9. The molecule has 3 aromatic heterocycles. The van der Waals surface area contributed by atoms with Crippen molar-refractivity contribution in [1.82, 2.24) is 29.9 Å². The first-order valence-corrected chi connectivity index (χ1v) is 10.6. The van der Waals surface area contributed by atoms with Crippen molar-refractivity contribution in [3.05, 3.63) is 82.9 Å². The van der Waals surface area contributed by atoms with E-state index in [-0.39, 0.29) is 11.9 Å². The number of fused-ring (bicyclic) bond motifs is 1. The molecule has 0 saturated carbocycles. The van der Waals surface area contributed by atoms with Gasteiger partial charge in [-0.15, -0.1) is 5.10 Å². The van der Waals surface area contributed by atoms with Gasteiger partial charge in [-0.05, 0) is 56.2 Å². The van der Waals surface area contributed by atoms with Crippen LogP contribution in [0.3, 0.4) is 0 Å². The second-order valence-electron chi connectivity index (χ2n) is 7.07. The van der Waals surface area contributed by atoms with Gasteiger partial charge in [-0.25, -0.2) is 9.50 Å². The van der Waals surface area contributed by atoms with E-state index in [0.717, 1.165) is 22.5 Å². The lowest BCUT2D eigenvalue weighted by atomic mass is 10.1. The van der Waals surface area contributed by atoms with Gasteiger partial charge in [0.2, 0.25) is 5.16 Å². The SMILES string of the molecule is Cc1cc(C)n2nc(SCc3ccccc3C(=O)NC(C)c3ccncc3)nc2n1. The summed E-state index contributed by atoms with van der Waals surface area (Å²) in [6.45, 7) is 5.88. The van der Waals surface area contributed by atoms with E-state index in [1.807, 2.05) is 63.2 Å². The summed E-state index contributed by atoms with van der Waals surface area (Å²) >= 11 is 1.49. The number of carbonyl (C=O) groups is 1. The number of hydrogen-bond acceptors (Lipinski definition) is 6. The van der Waals surface area contributed by atoms with Gasteiger partial charge in [0.15, 0.2) is 0 Å². The largest absolute Gasteiger partial charge is 0.346 e. The van der Waals surface area contributed by atoms with Crippen LogP contribution in [0.25, 0.3) is 5.78 Å². The number of benzene rings is 1. The fourth-order valence-corrected chi connectivity index (χ4v) is 4.05. The minimum absolute atomic E-state index is 0.105. The number of aryl methyl sites for hydroxylation is 2. The van der Waals surface area contributed by atoms with Gasteiger partial charge < -0.3 is 5.32 Å². The normalized spacial score (nSPS) is 12.1. The molecule has 8 heteroatoms. The highest BCUT2D eigenvalue weighted by Crippen LogP contribution is 2.23. The van der Waals surface area contributed by atoms with Crippen molar-refractivity contribution in [1.29, 1.82) is 0 Å². The van der Waals surface area contributed by atoms with Gasteiger partial charge in [-0.3, -0.25) is 9.78 Å². The van der Waals surface area contributed by atoms with Crippen LogP contribution >= 0.6 is 11.8 Å². The van der Waals surface area contributed by atoms with E-state index in [2.05, 4.69) is 25.4 Å². The molecule has 0 saturated heterocycles. The predicted octanol–water partition coefficient (Wildman–Crippen LogP) is 3.92. The number of nitrogens with one attached hydrogen (secondary N) is 1. The van der Waals surface area contributed by atoms with Gasteiger partial charge >= 0.3 is 0 Å². The van der Waals surface area contributed by atoms with Crippen LogP contribution in [0, 0.1) is 13.8 Å². The quantitative estimate of drug-likeness (QED) is 0.478. The van der Waals surface area contributed by atoms with E-state index in [9.17, 15) is 4.79 Å². The number of aromatic nitrogens is 5. The van der Waals surface area contributed by atoms with Crippen molar-refractivity contribution < 1.29 is 4.79 Å². The molecule has 1 amide bonds. The van der Waals surface area contributed by atoms with Crippen LogP contribution < -0.4 is 5.32 Å². The van der Waals surface area contributed by atoms with E-state index in [4.69, 9.17) is 0 Å². The highest BCUT2D eigenvalue weighted by Gasteiger charge is 2.16. The molecule has 4 aromatic rings. The summed E-state index contributed by atoms with van der Waals surface area (Å²) in [6, 6.07) is 13.3. The third kappa shape index (κ3) is 4.33. The number of thioether (sulfide) groups is 1. The zero-order chi connectivity index (χ0) is 21.1. The molecule has 1 atom stereocenters. The maximum Gasteiger partial charge on any atom is 0.253 e. The van der Waals surface area contributed by atoms with E-state index < -0.39 is 0 Å². The fraction of sp³-hybridized carbons (Fsp3) is 0.227. The molecule has 0 radical (unpaired) electrons. The van der Waals surface area contributed by atoms with E-state index in [0.29, 0.717) is 22.3 Å². The fourth-order valence-electron chi connectivity index (χ4n) is 3.23. The molecule has 0 aliphatic rings. The summed E-state index contributed by atoms with van der Waals surface area (Å²) in [5.41, 5.74) is 4.50. The summed E-state index contributed by atoms with van der Waals surface area (Å²) in [5, 5.41) is 8.23. The Balaban J connectivity index is 1.49. The molecule has 1 N–H and O–H groups in total. The maximum atomic E-state index is 12.9. The molecule has 0 fully saturated rings. The number of nitrogens with zero attached hydrogens (tertiary/aromatic N) is 5. The van der Waals surface area contributed by atoms with E-state index >= 15 is 0 Å². The number of hydrogen-bond donors (Lipinski definition) is 1. The van der Waals surface area contributed by atoms with Crippen molar-refractivity contribution in [3.63, 3.8) is 0 Å². The van der Waals surface area contributed by atoms with Gasteiger partial charge in [0.05, 0.1) is 6.04 Å². The number of amides is 1. The molecule has 0 aliphatic carbocycles. The Morgan fingerprint density at radius 3 is 2.70 bits per heavy atom.